The molecule has 1 nitrogen and oxygen atoms in total. The Balaban J connectivity index is 2.02. The largest absolute Gasteiger partial charge is 0.314 e. The highest BCUT2D eigenvalue weighted by molar-refractivity contribution is 14.1. The number of halogens is 1. The van der Waals surface area contributed by atoms with E-state index in [1.807, 2.05) is 0 Å². The molecule has 1 fully saturated rings. The summed E-state index contributed by atoms with van der Waals surface area (Å²) in [5.74, 6) is 0. The number of hydrogen-bond donors (Lipinski definition) is 1. The molecule has 0 aromatic heterocycles. The van der Waals surface area contributed by atoms with Crippen molar-refractivity contribution in [2.75, 3.05) is 11.0 Å². The second kappa shape index (κ2) is 5.35. The van der Waals surface area contributed by atoms with Crippen molar-refractivity contribution in [3.63, 3.8) is 0 Å². The molecule has 0 amide bonds. The summed E-state index contributed by atoms with van der Waals surface area (Å²) in [7, 11) is 0. The average Bonchev–Trinajstić information content (AvgIpc) is 2.03. The fourth-order valence-electron chi connectivity index (χ4n) is 1.49. The van der Waals surface area contributed by atoms with E-state index in [0.717, 1.165) is 6.04 Å². The maximum absolute atomic E-state index is 3.55. The van der Waals surface area contributed by atoms with Crippen LogP contribution in [0.25, 0.3) is 0 Å². The smallest absolute Gasteiger partial charge is 0.00673 e. The van der Waals surface area contributed by atoms with E-state index in [-0.39, 0.29) is 0 Å². The highest BCUT2D eigenvalue weighted by Gasteiger charge is 2.10. The summed E-state index contributed by atoms with van der Waals surface area (Å²) in [6, 6.07) is 0.850. The Morgan fingerprint density at radius 3 is 2.90 bits per heavy atom. The van der Waals surface area contributed by atoms with Gasteiger partial charge in [0.25, 0.3) is 0 Å². The summed E-state index contributed by atoms with van der Waals surface area (Å²) in [5, 5.41) is 3.55. The molecule has 1 aliphatic heterocycles. The van der Waals surface area contributed by atoms with Crippen LogP contribution in [0.2, 0.25) is 0 Å². The SMILES string of the molecule is ICCCC1CCCCN1. The summed E-state index contributed by atoms with van der Waals surface area (Å²) >= 11 is 2.46. The number of alkyl halides is 1. The molecule has 1 rings (SSSR count). The van der Waals surface area contributed by atoms with Gasteiger partial charge in [0.2, 0.25) is 0 Å². The lowest BCUT2D eigenvalue weighted by Crippen LogP contribution is -2.33. The fraction of sp³-hybridized carbons (Fsp3) is 1.00. The third-order valence-corrected chi connectivity index (χ3v) is 2.86. The lowest BCUT2D eigenvalue weighted by Gasteiger charge is -2.22. The highest BCUT2D eigenvalue weighted by Crippen LogP contribution is 2.11. The first-order valence-corrected chi connectivity index (χ1v) is 5.75. The molecule has 60 valence electrons. The van der Waals surface area contributed by atoms with Crippen molar-refractivity contribution in [3.05, 3.63) is 0 Å². The van der Waals surface area contributed by atoms with Crippen molar-refractivity contribution < 1.29 is 0 Å². The molecule has 0 bridgehead atoms. The van der Waals surface area contributed by atoms with E-state index in [1.165, 1.54) is 43.1 Å². The van der Waals surface area contributed by atoms with Crippen molar-refractivity contribution in [1.29, 1.82) is 0 Å². The Morgan fingerprint density at radius 2 is 2.30 bits per heavy atom. The molecule has 0 spiro atoms. The van der Waals surface area contributed by atoms with Gasteiger partial charge in [-0.1, -0.05) is 29.0 Å². The quantitative estimate of drug-likeness (QED) is 0.601. The van der Waals surface area contributed by atoms with Gasteiger partial charge in [0, 0.05) is 6.04 Å². The van der Waals surface area contributed by atoms with E-state index in [1.54, 1.807) is 0 Å². The molecule has 1 saturated heterocycles. The fourth-order valence-corrected chi connectivity index (χ4v) is 1.93. The highest BCUT2D eigenvalue weighted by atomic mass is 127. The summed E-state index contributed by atoms with van der Waals surface area (Å²) in [6.07, 6.45) is 7.03. The maximum atomic E-state index is 3.55. The van der Waals surface area contributed by atoms with E-state index < -0.39 is 0 Å². The molecule has 0 aromatic carbocycles. The van der Waals surface area contributed by atoms with Crippen LogP contribution in [0.4, 0.5) is 0 Å². The molecule has 1 aliphatic rings. The number of piperidine rings is 1. The summed E-state index contributed by atoms with van der Waals surface area (Å²) in [4.78, 5) is 0. The minimum absolute atomic E-state index is 0.850. The summed E-state index contributed by atoms with van der Waals surface area (Å²) < 4.78 is 1.32. The van der Waals surface area contributed by atoms with Gasteiger partial charge in [-0.25, -0.2) is 0 Å². The molecule has 1 N–H and O–H groups in total. The van der Waals surface area contributed by atoms with Crippen LogP contribution in [0.15, 0.2) is 0 Å². The third kappa shape index (κ3) is 3.19. The van der Waals surface area contributed by atoms with Crippen LogP contribution in [0.1, 0.15) is 32.1 Å². The molecule has 0 radical (unpaired) electrons. The zero-order valence-corrected chi connectivity index (χ0v) is 8.56. The van der Waals surface area contributed by atoms with E-state index in [4.69, 9.17) is 0 Å². The second-order valence-electron chi connectivity index (χ2n) is 2.98. The number of hydrogen-bond acceptors (Lipinski definition) is 1. The molecule has 0 saturated carbocycles. The molecule has 1 atom stereocenters. The van der Waals surface area contributed by atoms with E-state index >= 15 is 0 Å². The van der Waals surface area contributed by atoms with Crippen molar-refractivity contribution in [1.82, 2.24) is 5.32 Å². The lowest BCUT2D eigenvalue weighted by atomic mass is 10.0. The molecular weight excluding hydrogens is 237 g/mol. The van der Waals surface area contributed by atoms with Gasteiger partial charge in [-0.15, -0.1) is 0 Å². The van der Waals surface area contributed by atoms with Gasteiger partial charge < -0.3 is 5.32 Å². The van der Waals surface area contributed by atoms with Crippen molar-refractivity contribution in [2.45, 2.75) is 38.1 Å². The van der Waals surface area contributed by atoms with Crippen molar-refractivity contribution in [2.24, 2.45) is 0 Å². The minimum atomic E-state index is 0.850. The van der Waals surface area contributed by atoms with Gasteiger partial charge in [-0.2, -0.15) is 0 Å². The number of rotatable bonds is 3. The van der Waals surface area contributed by atoms with E-state index in [0.29, 0.717) is 0 Å². The molecule has 1 unspecified atom stereocenters. The zero-order chi connectivity index (χ0) is 7.23. The van der Waals surface area contributed by atoms with Crippen LogP contribution >= 0.6 is 22.6 Å². The van der Waals surface area contributed by atoms with Crippen LogP contribution in [-0.4, -0.2) is 17.0 Å². The second-order valence-corrected chi connectivity index (χ2v) is 4.06. The van der Waals surface area contributed by atoms with Crippen LogP contribution in [0.3, 0.4) is 0 Å². The minimum Gasteiger partial charge on any atom is -0.314 e. The molecule has 2 heteroatoms. The molecule has 0 aliphatic carbocycles. The molecule has 0 aromatic rings. The Bertz CT molecular complexity index is 79.3. The van der Waals surface area contributed by atoms with Crippen LogP contribution < -0.4 is 5.32 Å². The van der Waals surface area contributed by atoms with Gasteiger partial charge >= 0.3 is 0 Å². The van der Waals surface area contributed by atoms with E-state index in [9.17, 15) is 0 Å². The molecule has 1 heterocycles. The Kier molecular flexibility index (Phi) is 4.70. The Morgan fingerprint density at radius 1 is 1.40 bits per heavy atom. The van der Waals surface area contributed by atoms with Gasteiger partial charge in [-0.3, -0.25) is 0 Å². The van der Waals surface area contributed by atoms with Crippen molar-refractivity contribution in [3.8, 4) is 0 Å². The molecular formula is C8H16IN. The predicted molar refractivity (Wildman–Crippen MR) is 53.8 cm³/mol. The van der Waals surface area contributed by atoms with Crippen molar-refractivity contribution >= 4 is 22.6 Å². The topological polar surface area (TPSA) is 12.0 Å². The Hall–Kier alpha value is 0.690. The summed E-state index contributed by atoms with van der Waals surface area (Å²) in [5.41, 5.74) is 0. The lowest BCUT2D eigenvalue weighted by molar-refractivity contribution is 0.381. The van der Waals surface area contributed by atoms with Gasteiger partial charge in [0.15, 0.2) is 0 Å². The van der Waals surface area contributed by atoms with Gasteiger partial charge in [0.1, 0.15) is 0 Å². The maximum Gasteiger partial charge on any atom is 0.00673 e. The first-order chi connectivity index (χ1) is 4.93. The monoisotopic (exact) mass is 253 g/mol. The normalized spacial score (nSPS) is 26.7. The average molecular weight is 253 g/mol. The van der Waals surface area contributed by atoms with E-state index in [2.05, 4.69) is 27.9 Å². The standard InChI is InChI=1S/C8H16IN/c9-6-3-5-8-4-1-2-7-10-8/h8,10H,1-7H2. The molecule has 10 heavy (non-hydrogen) atoms. The predicted octanol–water partition coefficient (Wildman–Crippen LogP) is 2.34. The first kappa shape index (κ1) is 8.78. The number of nitrogens with one attached hydrogen (secondary N) is 1. The van der Waals surface area contributed by atoms with Gasteiger partial charge in [-0.05, 0) is 36.7 Å². The van der Waals surface area contributed by atoms with Crippen LogP contribution in [0, 0.1) is 0 Å². The van der Waals surface area contributed by atoms with Crippen LogP contribution in [0.5, 0.6) is 0 Å². The van der Waals surface area contributed by atoms with Gasteiger partial charge in [0.05, 0.1) is 0 Å². The third-order valence-electron chi connectivity index (χ3n) is 2.10. The zero-order valence-electron chi connectivity index (χ0n) is 6.41. The summed E-state index contributed by atoms with van der Waals surface area (Å²) in [6.45, 7) is 1.26. The first-order valence-electron chi connectivity index (χ1n) is 4.23. The van der Waals surface area contributed by atoms with Crippen LogP contribution in [-0.2, 0) is 0 Å². The Labute approximate surface area is 77.1 Å².